The van der Waals surface area contributed by atoms with Crippen molar-refractivity contribution in [3.8, 4) is 16.6 Å². The second kappa shape index (κ2) is 8.28. The fraction of sp³-hybridized carbons (Fsp3) is 0.150. The molecule has 0 radical (unpaired) electrons. The molecular weight excluding hydrogens is 344 g/mol. The zero-order valence-corrected chi connectivity index (χ0v) is 15.1. The number of aromatic nitrogens is 1. The molecule has 0 spiro atoms. The Morgan fingerprint density at radius 2 is 1.88 bits per heavy atom. The topological polar surface area (TPSA) is 77.8 Å². The first-order valence-corrected chi connectivity index (χ1v) is 9.08. The molecule has 0 bridgehead atoms. The summed E-state index contributed by atoms with van der Waals surface area (Å²) in [6.07, 6.45) is 0.670. The van der Waals surface area contributed by atoms with Gasteiger partial charge in [-0.1, -0.05) is 29.8 Å². The minimum absolute atomic E-state index is 0.274. The Bertz CT molecular complexity index is 924. The van der Waals surface area contributed by atoms with Gasteiger partial charge in [0.2, 0.25) is 0 Å². The third kappa shape index (κ3) is 4.68. The number of nitrogens with one attached hydrogen (secondary N) is 2. The molecule has 0 atom stereocenters. The van der Waals surface area contributed by atoms with Crippen LogP contribution in [-0.4, -0.2) is 17.6 Å². The molecule has 0 aliphatic heterocycles. The highest BCUT2D eigenvalue weighted by molar-refractivity contribution is 7.13. The Kier molecular flexibility index (Phi) is 5.62. The molecule has 130 valence electrons. The minimum Gasteiger partial charge on any atom is -0.337 e. The second-order valence-electron chi connectivity index (χ2n) is 5.83. The van der Waals surface area contributed by atoms with Crippen molar-refractivity contribution in [1.29, 1.82) is 5.26 Å². The molecule has 0 saturated heterocycles. The van der Waals surface area contributed by atoms with Crippen molar-refractivity contribution in [1.82, 2.24) is 10.3 Å². The summed E-state index contributed by atoms with van der Waals surface area (Å²) < 4.78 is 0. The van der Waals surface area contributed by atoms with Crippen LogP contribution in [0.3, 0.4) is 0 Å². The maximum absolute atomic E-state index is 11.9. The van der Waals surface area contributed by atoms with Crippen molar-refractivity contribution < 1.29 is 4.79 Å². The quantitative estimate of drug-likeness (QED) is 0.708. The molecule has 0 aliphatic rings. The Labute approximate surface area is 156 Å². The molecule has 0 fully saturated rings. The number of urea groups is 1. The third-order valence-electron chi connectivity index (χ3n) is 3.79. The van der Waals surface area contributed by atoms with Crippen molar-refractivity contribution in [3.63, 3.8) is 0 Å². The maximum Gasteiger partial charge on any atom is 0.319 e. The summed E-state index contributed by atoms with van der Waals surface area (Å²) in [5.74, 6) is 0. The van der Waals surface area contributed by atoms with E-state index in [1.807, 2.05) is 11.4 Å². The van der Waals surface area contributed by atoms with Gasteiger partial charge in [0.05, 0.1) is 17.3 Å². The fourth-order valence-corrected chi connectivity index (χ4v) is 3.22. The van der Waals surface area contributed by atoms with Crippen LogP contribution in [0.15, 0.2) is 53.9 Å². The molecule has 2 amide bonds. The summed E-state index contributed by atoms with van der Waals surface area (Å²) in [4.78, 5) is 16.5. The lowest BCUT2D eigenvalue weighted by Gasteiger charge is -2.06. The van der Waals surface area contributed by atoms with E-state index in [1.165, 1.54) is 5.56 Å². The van der Waals surface area contributed by atoms with Gasteiger partial charge < -0.3 is 10.6 Å². The van der Waals surface area contributed by atoms with E-state index in [1.54, 1.807) is 35.6 Å². The van der Waals surface area contributed by atoms with E-state index in [-0.39, 0.29) is 6.03 Å². The van der Waals surface area contributed by atoms with Gasteiger partial charge in [-0.25, -0.2) is 9.78 Å². The molecule has 3 rings (SSSR count). The number of rotatable bonds is 5. The van der Waals surface area contributed by atoms with E-state index in [2.05, 4.69) is 46.8 Å². The molecule has 26 heavy (non-hydrogen) atoms. The van der Waals surface area contributed by atoms with Gasteiger partial charge in [-0.15, -0.1) is 11.3 Å². The number of anilines is 1. The minimum atomic E-state index is -0.274. The van der Waals surface area contributed by atoms with Crippen LogP contribution >= 0.6 is 11.3 Å². The summed E-state index contributed by atoms with van der Waals surface area (Å²) in [6, 6.07) is 16.8. The molecule has 0 saturated carbocycles. The van der Waals surface area contributed by atoms with Crippen LogP contribution in [0.5, 0.6) is 0 Å². The van der Waals surface area contributed by atoms with E-state index in [0.717, 1.165) is 16.3 Å². The molecule has 2 aromatic carbocycles. The molecular formula is C20H18N4OS. The van der Waals surface area contributed by atoms with Crippen LogP contribution in [0.2, 0.25) is 0 Å². The Balaban J connectivity index is 1.48. The summed E-state index contributed by atoms with van der Waals surface area (Å²) >= 11 is 1.61. The van der Waals surface area contributed by atoms with Crippen LogP contribution in [0.25, 0.3) is 10.6 Å². The van der Waals surface area contributed by atoms with Crippen LogP contribution in [0.4, 0.5) is 10.5 Å². The van der Waals surface area contributed by atoms with Crippen LogP contribution in [0.1, 0.15) is 16.8 Å². The lowest BCUT2D eigenvalue weighted by Crippen LogP contribution is -2.30. The fourth-order valence-electron chi connectivity index (χ4n) is 2.36. The molecule has 2 N–H and O–H groups in total. The molecule has 0 unspecified atom stereocenters. The smallest absolute Gasteiger partial charge is 0.319 e. The van der Waals surface area contributed by atoms with Crippen molar-refractivity contribution in [2.45, 2.75) is 13.3 Å². The standard InChI is InChI=1S/C20H18N4OS/c1-14-2-6-16(7-3-14)19-23-18(13-26-19)10-11-22-20(25)24-17-8-4-15(12-21)5-9-17/h2-9,13H,10-11H2,1H3,(H2,22,24,25). The van der Waals surface area contributed by atoms with Crippen molar-refractivity contribution >= 4 is 23.1 Å². The number of amides is 2. The van der Waals surface area contributed by atoms with Gasteiger partial charge in [-0.2, -0.15) is 5.26 Å². The number of thiazole rings is 1. The van der Waals surface area contributed by atoms with Gasteiger partial charge in [-0.3, -0.25) is 0 Å². The number of hydrogen-bond acceptors (Lipinski definition) is 4. The van der Waals surface area contributed by atoms with E-state index in [9.17, 15) is 4.79 Å². The van der Waals surface area contributed by atoms with E-state index in [4.69, 9.17) is 5.26 Å². The van der Waals surface area contributed by atoms with Gasteiger partial charge in [0, 0.05) is 29.6 Å². The number of benzene rings is 2. The molecule has 0 aliphatic carbocycles. The largest absolute Gasteiger partial charge is 0.337 e. The van der Waals surface area contributed by atoms with E-state index >= 15 is 0 Å². The molecule has 3 aromatic rings. The average molecular weight is 362 g/mol. The first-order valence-electron chi connectivity index (χ1n) is 8.20. The highest BCUT2D eigenvalue weighted by Gasteiger charge is 2.06. The van der Waals surface area contributed by atoms with E-state index < -0.39 is 0 Å². The molecule has 1 aromatic heterocycles. The van der Waals surface area contributed by atoms with Gasteiger partial charge >= 0.3 is 6.03 Å². The summed E-state index contributed by atoms with van der Waals surface area (Å²) in [5.41, 5.74) is 4.51. The second-order valence-corrected chi connectivity index (χ2v) is 6.69. The number of carbonyl (C=O) groups is 1. The van der Waals surface area contributed by atoms with Gasteiger partial charge in [0.1, 0.15) is 5.01 Å². The van der Waals surface area contributed by atoms with Crippen LogP contribution in [-0.2, 0) is 6.42 Å². The molecule has 5 nitrogen and oxygen atoms in total. The molecule has 6 heteroatoms. The monoisotopic (exact) mass is 362 g/mol. The molecule has 1 heterocycles. The summed E-state index contributed by atoms with van der Waals surface area (Å²) in [5, 5.41) is 17.3. The number of nitriles is 1. The predicted octanol–water partition coefficient (Wildman–Crippen LogP) is 4.35. The van der Waals surface area contributed by atoms with Crippen molar-refractivity contribution in [3.05, 3.63) is 70.7 Å². The summed E-state index contributed by atoms with van der Waals surface area (Å²) in [7, 11) is 0. The maximum atomic E-state index is 11.9. The first kappa shape index (κ1) is 17.6. The average Bonchev–Trinajstić information content (AvgIpc) is 3.12. The first-order chi connectivity index (χ1) is 12.6. The Morgan fingerprint density at radius 3 is 2.58 bits per heavy atom. The van der Waals surface area contributed by atoms with Gasteiger partial charge in [-0.05, 0) is 31.2 Å². The number of nitrogens with zero attached hydrogens (tertiary/aromatic N) is 2. The Morgan fingerprint density at radius 1 is 1.15 bits per heavy atom. The summed E-state index contributed by atoms with van der Waals surface area (Å²) in [6.45, 7) is 2.56. The number of aryl methyl sites for hydroxylation is 1. The van der Waals surface area contributed by atoms with Crippen molar-refractivity contribution in [2.75, 3.05) is 11.9 Å². The SMILES string of the molecule is Cc1ccc(-c2nc(CCNC(=O)Nc3ccc(C#N)cc3)cs2)cc1. The van der Waals surface area contributed by atoms with Gasteiger partial charge in [0.15, 0.2) is 0 Å². The zero-order valence-electron chi connectivity index (χ0n) is 14.3. The lowest BCUT2D eigenvalue weighted by molar-refractivity contribution is 0.252. The van der Waals surface area contributed by atoms with Crippen LogP contribution < -0.4 is 10.6 Å². The van der Waals surface area contributed by atoms with E-state index in [0.29, 0.717) is 24.2 Å². The highest BCUT2D eigenvalue weighted by atomic mass is 32.1. The normalized spacial score (nSPS) is 10.2. The highest BCUT2D eigenvalue weighted by Crippen LogP contribution is 2.24. The third-order valence-corrected chi connectivity index (χ3v) is 4.73. The predicted molar refractivity (Wildman–Crippen MR) is 104 cm³/mol. The zero-order chi connectivity index (χ0) is 18.4. The number of carbonyl (C=O) groups excluding carboxylic acids is 1. The van der Waals surface area contributed by atoms with Crippen LogP contribution in [0, 0.1) is 18.3 Å². The number of hydrogen-bond donors (Lipinski definition) is 2. The van der Waals surface area contributed by atoms with Crippen molar-refractivity contribution in [2.24, 2.45) is 0 Å². The Hall–Kier alpha value is -3.17. The van der Waals surface area contributed by atoms with Gasteiger partial charge in [0.25, 0.3) is 0 Å². The lowest BCUT2D eigenvalue weighted by atomic mass is 10.2.